The molecule has 1 nitrogen and oxygen atoms in total. The van der Waals surface area contributed by atoms with Crippen LogP contribution in [0.5, 0.6) is 0 Å². The van der Waals surface area contributed by atoms with Gasteiger partial charge in [-0.25, -0.2) is 0 Å². The molecule has 8 rings (SSSR count). The summed E-state index contributed by atoms with van der Waals surface area (Å²) in [6.45, 7) is 13.3. The minimum absolute atomic E-state index is 0. The van der Waals surface area contributed by atoms with Gasteiger partial charge in [0.25, 0.3) is 0 Å². The van der Waals surface area contributed by atoms with Crippen LogP contribution in [0.3, 0.4) is 0 Å². The second-order valence-corrected chi connectivity index (χ2v) is 16.8. The minimum atomic E-state index is 0. The molecule has 0 heterocycles. The van der Waals surface area contributed by atoms with Crippen molar-refractivity contribution >= 4 is 22.1 Å². The fraction of sp³-hybridized carbons (Fsp3) is 0.333. The smallest absolute Gasteiger partial charge is 0 e. The Morgan fingerprint density at radius 1 is 0.475 bits per heavy atom. The molecule has 0 radical (unpaired) electrons. The van der Waals surface area contributed by atoms with Crippen molar-refractivity contribution in [2.24, 2.45) is 10.9 Å². The second kappa shape index (κ2) is 27.4. The van der Waals surface area contributed by atoms with E-state index in [1.54, 1.807) is 0 Å². The molecule has 0 bridgehead atoms. The maximum Gasteiger partial charge on any atom is 0 e. The number of aliphatic imine (C=N–C) groups is 1. The molecule has 0 atom stereocenters. The van der Waals surface area contributed by atoms with E-state index in [2.05, 4.69) is 242 Å². The number of rotatable bonds is 9. The maximum atomic E-state index is 4.91. The number of halogens is 1. The van der Waals surface area contributed by atoms with Crippen LogP contribution in [0.15, 0.2) is 175 Å². The Labute approximate surface area is 393 Å². The summed E-state index contributed by atoms with van der Waals surface area (Å²) in [7, 11) is 4.26. The third-order valence-electron chi connectivity index (χ3n) is 12.0. The molecule has 2 saturated carbocycles. The van der Waals surface area contributed by atoms with Gasteiger partial charge in [0.05, 0.1) is 5.69 Å². The van der Waals surface area contributed by atoms with Crippen LogP contribution in [0.1, 0.15) is 154 Å². The average molecular weight is 917 g/mol. The van der Waals surface area contributed by atoms with Crippen LogP contribution < -0.4 is 0 Å². The Morgan fingerprint density at radius 3 is 0.951 bits per heavy atom. The first-order valence-corrected chi connectivity index (χ1v) is 23.3. The molecule has 0 spiro atoms. The molecule has 2 fully saturated rings. The van der Waals surface area contributed by atoms with Gasteiger partial charge >= 0.3 is 24.8 Å². The Kier molecular flexibility index (Phi) is 23.2. The normalized spacial score (nSPS) is 19.4. The maximum absolute atomic E-state index is 4.91. The molecule has 61 heavy (non-hydrogen) atoms. The van der Waals surface area contributed by atoms with Gasteiger partial charge < -0.3 is 7.43 Å². The summed E-state index contributed by atoms with van der Waals surface area (Å²) in [6.07, 6.45) is 8.87. The van der Waals surface area contributed by atoms with Crippen LogP contribution in [0.2, 0.25) is 0 Å². The second-order valence-electron chi connectivity index (χ2n) is 16.8. The largest absolute Gasteiger partial charge is 0.0622 e. The van der Waals surface area contributed by atoms with Crippen molar-refractivity contribution in [1.29, 1.82) is 0 Å². The third-order valence-corrected chi connectivity index (χ3v) is 12.0. The van der Waals surface area contributed by atoms with Gasteiger partial charge in [-0.1, -0.05) is 231 Å². The van der Waals surface area contributed by atoms with Crippen LogP contribution in [-0.2, 0) is 31.6 Å². The first kappa shape index (κ1) is 51.6. The molecule has 2 aliphatic carbocycles. The van der Waals surface area contributed by atoms with Gasteiger partial charge in [0.1, 0.15) is 0 Å². The molecule has 4 heteroatoms. The van der Waals surface area contributed by atoms with E-state index < -0.39 is 0 Å². The molecule has 0 N–H and O–H groups in total. The summed E-state index contributed by atoms with van der Waals surface area (Å²) in [4.78, 5) is 4.91. The van der Waals surface area contributed by atoms with Crippen LogP contribution >= 0.6 is 10.2 Å². The predicted octanol–water partition coefficient (Wildman–Crippen LogP) is 17.3. The average Bonchev–Trinajstić information content (AvgIpc) is 3.95. The molecule has 0 aromatic heterocycles. The van der Waals surface area contributed by atoms with Gasteiger partial charge in [-0.3, -0.25) is 4.99 Å². The van der Waals surface area contributed by atoms with E-state index in [9.17, 15) is 0 Å². The van der Waals surface area contributed by atoms with E-state index in [4.69, 9.17) is 4.99 Å². The minimum Gasteiger partial charge on any atom is -0.0622 e. The predicted molar refractivity (Wildman–Crippen MR) is 259 cm³/mol. The fourth-order valence-corrected chi connectivity index (χ4v) is 9.51. The van der Waals surface area contributed by atoms with E-state index in [0.29, 0.717) is 47.3 Å². The summed E-state index contributed by atoms with van der Waals surface area (Å²) in [5.41, 5.74) is 11.1. The van der Waals surface area contributed by atoms with E-state index in [1.165, 1.54) is 76.7 Å². The fourth-order valence-electron chi connectivity index (χ4n) is 9.51. The van der Waals surface area contributed by atoms with E-state index in [1.807, 2.05) is 0 Å². The van der Waals surface area contributed by atoms with Crippen molar-refractivity contribution in [1.82, 2.24) is 0 Å². The zero-order valence-electron chi connectivity index (χ0n) is 37.4. The van der Waals surface area contributed by atoms with Crippen LogP contribution in [0.4, 0.5) is 5.69 Å². The summed E-state index contributed by atoms with van der Waals surface area (Å²) < 4.78 is 0. The summed E-state index contributed by atoms with van der Waals surface area (Å²) in [6, 6.07) is 62.7. The zero-order chi connectivity index (χ0) is 42.0. The van der Waals surface area contributed by atoms with Crippen LogP contribution in [-0.4, -0.2) is 6.21 Å². The molecule has 2 aliphatic rings. The van der Waals surface area contributed by atoms with Gasteiger partial charge in [0.2, 0.25) is 0 Å². The molecular weight excluding hydrogens is 849 g/mol. The SMILES string of the molecule is CC(C)c1cccc(C(C)C)c1N=CC1CCCC1.CCC.[CH3-].[Cl][Ni].[Fe].c1ccc(C2C(c3ccccc3)C(c3ccccc3)C(c3ccccc3)C2c2ccccc2)cc1. The summed E-state index contributed by atoms with van der Waals surface area (Å²) in [5.74, 6) is 3.57. The van der Waals surface area contributed by atoms with Gasteiger partial charge in [0, 0.05) is 23.3 Å². The third kappa shape index (κ3) is 13.6. The van der Waals surface area contributed by atoms with Crippen molar-refractivity contribution < 1.29 is 31.6 Å². The van der Waals surface area contributed by atoms with Gasteiger partial charge in [-0.2, -0.15) is 0 Å². The van der Waals surface area contributed by atoms with Crippen LogP contribution in [0, 0.1) is 13.3 Å². The van der Waals surface area contributed by atoms with Crippen LogP contribution in [0.25, 0.3) is 0 Å². The topological polar surface area (TPSA) is 12.4 Å². The van der Waals surface area contributed by atoms with Crippen molar-refractivity contribution in [3.05, 3.63) is 216 Å². The Hall–Kier alpha value is -3.71. The number of benzene rings is 6. The molecule has 6 aromatic rings. The van der Waals surface area contributed by atoms with E-state index >= 15 is 0 Å². The Bertz CT molecular complexity index is 1780. The monoisotopic (exact) mass is 915 g/mol. The molecule has 0 unspecified atom stereocenters. The first-order valence-electron chi connectivity index (χ1n) is 22.0. The van der Waals surface area contributed by atoms with Crippen molar-refractivity contribution in [2.45, 2.75) is 115 Å². The summed E-state index contributed by atoms with van der Waals surface area (Å²) >= 11 is 3.35. The van der Waals surface area contributed by atoms with Gasteiger partial charge in [-0.15, -0.1) is 0 Å². The number of para-hydroxylation sites is 1. The van der Waals surface area contributed by atoms with E-state index in [-0.39, 0.29) is 24.5 Å². The molecule has 327 valence electrons. The van der Waals surface area contributed by atoms with Crippen molar-refractivity contribution in [3.63, 3.8) is 0 Å². The number of hydrogen-bond acceptors (Lipinski definition) is 1. The number of nitrogens with zero attached hydrogens (tertiary/aromatic N) is 1. The molecule has 0 amide bonds. The molecule has 0 saturated heterocycles. The summed E-state index contributed by atoms with van der Waals surface area (Å²) in [5, 5.41) is 0. The molecule has 6 aromatic carbocycles. The molecule has 0 aliphatic heterocycles. The molecular formula is C57H68ClFeNNi-. The standard InChI is InChI=1S/C35H30.C18H27N.C3H8.CH3.ClH.Fe.Ni/c1-6-16-26(17-7-1)31-32(27-18-8-2-9-19-27)34(29-22-12-4-13-23-29)35(30-24-14-5-15-25-30)33(31)28-20-10-3-11-21-28;1-13(2)16-10-7-11-17(14(3)4)18(16)19-12-15-8-5-6-9-15;1-3-2;;;;/h1-25,31-35H;7,10-15H,5-6,8-9H2,1-4H3;3H2,1-2H3;1H3;1H;;/q;;;-1;;;+1/p-1. The quantitative estimate of drug-likeness (QED) is 0.0778. The van der Waals surface area contributed by atoms with Crippen molar-refractivity contribution in [2.75, 3.05) is 0 Å². The van der Waals surface area contributed by atoms with Gasteiger partial charge in [0.15, 0.2) is 0 Å². The Morgan fingerprint density at radius 2 is 0.721 bits per heavy atom. The van der Waals surface area contributed by atoms with E-state index in [0.717, 1.165) is 0 Å². The Balaban J connectivity index is 0.000000325. The van der Waals surface area contributed by atoms with Crippen molar-refractivity contribution in [3.8, 4) is 0 Å². The van der Waals surface area contributed by atoms with Gasteiger partial charge in [-0.05, 0) is 99.1 Å². The number of hydrogen-bond donors (Lipinski definition) is 0. The zero-order valence-corrected chi connectivity index (χ0v) is 40.2. The first-order chi connectivity index (χ1) is 28.9.